The SMILES string of the molecule is OCc1ccccc1C(O)C(O)c1ccccc1CO. The zero-order valence-electron chi connectivity index (χ0n) is 11.0. The molecule has 4 nitrogen and oxygen atoms in total. The molecule has 0 amide bonds. The third-order valence-electron chi connectivity index (χ3n) is 3.39. The quantitative estimate of drug-likeness (QED) is 0.665. The van der Waals surface area contributed by atoms with Crippen LogP contribution in [0.25, 0.3) is 0 Å². The number of aliphatic hydroxyl groups excluding tert-OH is 4. The van der Waals surface area contributed by atoms with Crippen LogP contribution in [0.15, 0.2) is 48.5 Å². The first-order valence-corrected chi connectivity index (χ1v) is 6.42. The smallest absolute Gasteiger partial charge is 0.109 e. The van der Waals surface area contributed by atoms with Gasteiger partial charge in [0.1, 0.15) is 12.2 Å². The molecular weight excluding hydrogens is 256 g/mol. The number of aliphatic hydroxyl groups is 4. The third-order valence-corrected chi connectivity index (χ3v) is 3.39. The molecule has 0 aliphatic carbocycles. The van der Waals surface area contributed by atoms with E-state index >= 15 is 0 Å². The second-order valence-electron chi connectivity index (χ2n) is 4.60. The molecule has 20 heavy (non-hydrogen) atoms. The molecule has 4 heteroatoms. The molecule has 2 unspecified atom stereocenters. The Bertz CT molecular complexity index is 516. The van der Waals surface area contributed by atoms with Crippen molar-refractivity contribution in [1.82, 2.24) is 0 Å². The Morgan fingerprint density at radius 2 is 1.00 bits per heavy atom. The maximum atomic E-state index is 10.3. The van der Waals surface area contributed by atoms with Crippen LogP contribution in [-0.4, -0.2) is 20.4 Å². The zero-order chi connectivity index (χ0) is 14.5. The van der Waals surface area contributed by atoms with Crippen LogP contribution in [0.1, 0.15) is 34.5 Å². The van der Waals surface area contributed by atoms with Gasteiger partial charge in [-0.25, -0.2) is 0 Å². The van der Waals surface area contributed by atoms with Crippen molar-refractivity contribution in [2.24, 2.45) is 0 Å². The van der Waals surface area contributed by atoms with Crippen molar-refractivity contribution in [1.29, 1.82) is 0 Å². The molecule has 2 atom stereocenters. The molecule has 106 valence electrons. The fourth-order valence-corrected chi connectivity index (χ4v) is 2.27. The minimum absolute atomic E-state index is 0.207. The Kier molecular flexibility index (Phi) is 4.87. The van der Waals surface area contributed by atoms with E-state index in [9.17, 15) is 20.4 Å². The van der Waals surface area contributed by atoms with Crippen molar-refractivity contribution in [3.8, 4) is 0 Å². The molecule has 0 spiro atoms. The standard InChI is InChI=1S/C16H18O4/c17-9-11-5-1-3-7-13(11)15(19)16(20)14-8-4-2-6-12(14)10-18/h1-8,15-20H,9-10H2. The largest absolute Gasteiger partial charge is 0.392 e. The van der Waals surface area contributed by atoms with E-state index in [0.717, 1.165) is 0 Å². The van der Waals surface area contributed by atoms with E-state index in [-0.39, 0.29) is 13.2 Å². The van der Waals surface area contributed by atoms with Gasteiger partial charge in [0.2, 0.25) is 0 Å². The van der Waals surface area contributed by atoms with E-state index < -0.39 is 12.2 Å². The summed E-state index contributed by atoms with van der Waals surface area (Å²) in [5.74, 6) is 0. The molecule has 0 heterocycles. The lowest BCUT2D eigenvalue weighted by atomic mass is 9.92. The molecule has 0 saturated carbocycles. The molecule has 0 aliphatic rings. The highest BCUT2D eigenvalue weighted by atomic mass is 16.3. The van der Waals surface area contributed by atoms with Crippen LogP contribution in [0, 0.1) is 0 Å². The Balaban J connectivity index is 2.35. The van der Waals surface area contributed by atoms with Gasteiger partial charge in [0, 0.05) is 0 Å². The van der Waals surface area contributed by atoms with Gasteiger partial charge in [-0.3, -0.25) is 0 Å². The first kappa shape index (κ1) is 14.7. The fraction of sp³-hybridized carbons (Fsp3) is 0.250. The molecule has 0 saturated heterocycles. The molecule has 2 aromatic rings. The maximum Gasteiger partial charge on any atom is 0.109 e. The van der Waals surface area contributed by atoms with Crippen molar-refractivity contribution >= 4 is 0 Å². The molecule has 0 radical (unpaired) electrons. The number of benzene rings is 2. The summed E-state index contributed by atoms with van der Waals surface area (Å²) in [6.45, 7) is -0.413. The van der Waals surface area contributed by atoms with Crippen molar-refractivity contribution in [3.63, 3.8) is 0 Å². The van der Waals surface area contributed by atoms with Gasteiger partial charge in [-0.05, 0) is 22.3 Å². The topological polar surface area (TPSA) is 80.9 Å². The average Bonchev–Trinajstić information content (AvgIpc) is 2.53. The van der Waals surface area contributed by atoms with E-state index in [2.05, 4.69) is 0 Å². The molecular formula is C16H18O4. The van der Waals surface area contributed by atoms with E-state index in [4.69, 9.17) is 0 Å². The highest BCUT2D eigenvalue weighted by Crippen LogP contribution is 2.32. The van der Waals surface area contributed by atoms with Crippen molar-refractivity contribution in [2.45, 2.75) is 25.4 Å². The summed E-state index contributed by atoms with van der Waals surface area (Å²) in [4.78, 5) is 0. The van der Waals surface area contributed by atoms with E-state index in [1.807, 2.05) is 0 Å². The molecule has 2 rings (SSSR count). The normalized spacial score (nSPS) is 14.0. The van der Waals surface area contributed by atoms with E-state index in [1.165, 1.54) is 0 Å². The van der Waals surface area contributed by atoms with Crippen molar-refractivity contribution < 1.29 is 20.4 Å². The summed E-state index contributed by atoms with van der Waals surface area (Å²) in [6, 6.07) is 13.7. The van der Waals surface area contributed by atoms with E-state index in [0.29, 0.717) is 22.3 Å². The number of hydrogen-bond donors (Lipinski definition) is 4. The van der Waals surface area contributed by atoms with Gasteiger partial charge in [-0.1, -0.05) is 48.5 Å². The van der Waals surface area contributed by atoms with Crippen LogP contribution in [0.2, 0.25) is 0 Å². The Hall–Kier alpha value is -1.72. The summed E-state index contributed by atoms with van der Waals surface area (Å²) in [5.41, 5.74) is 2.10. The highest BCUT2D eigenvalue weighted by Gasteiger charge is 2.23. The molecule has 0 bridgehead atoms. The Morgan fingerprint density at radius 1 is 0.650 bits per heavy atom. The number of rotatable bonds is 5. The first-order chi connectivity index (χ1) is 9.69. The molecule has 2 aromatic carbocycles. The molecule has 0 fully saturated rings. The average molecular weight is 274 g/mol. The summed E-state index contributed by atoms with van der Waals surface area (Å²) in [5, 5.41) is 39.2. The molecule has 0 aliphatic heterocycles. The third kappa shape index (κ3) is 2.89. The predicted octanol–water partition coefficient (Wildman–Crippen LogP) is 1.44. The summed E-state index contributed by atoms with van der Waals surface area (Å²) >= 11 is 0. The fourth-order valence-electron chi connectivity index (χ4n) is 2.27. The second-order valence-corrected chi connectivity index (χ2v) is 4.60. The lowest BCUT2D eigenvalue weighted by Crippen LogP contribution is -2.14. The monoisotopic (exact) mass is 274 g/mol. The highest BCUT2D eigenvalue weighted by molar-refractivity contribution is 5.34. The first-order valence-electron chi connectivity index (χ1n) is 6.42. The van der Waals surface area contributed by atoms with Gasteiger partial charge >= 0.3 is 0 Å². The van der Waals surface area contributed by atoms with Crippen LogP contribution >= 0.6 is 0 Å². The van der Waals surface area contributed by atoms with Gasteiger partial charge in [-0.2, -0.15) is 0 Å². The van der Waals surface area contributed by atoms with Crippen LogP contribution in [0.4, 0.5) is 0 Å². The Labute approximate surface area is 117 Å². The Morgan fingerprint density at radius 3 is 1.35 bits per heavy atom. The van der Waals surface area contributed by atoms with Crippen LogP contribution in [0.5, 0.6) is 0 Å². The van der Waals surface area contributed by atoms with Crippen LogP contribution in [-0.2, 0) is 13.2 Å². The van der Waals surface area contributed by atoms with Crippen LogP contribution < -0.4 is 0 Å². The summed E-state index contributed by atoms with van der Waals surface area (Å²) in [7, 11) is 0. The summed E-state index contributed by atoms with van der Waals surface area (Å²) < 4.78 is 0. The van der Waals surface area contributed by atoms with Crippen molar-refractivity contribution in [3.05, 3.63) is 70.8 Å². The van der Waals surface area contributed by atoms with Gasteiger partial charge in [0.25, 0.3) is 0 Å². The predicted molar refractivity (Wildman–Crippen MR) is 74.6 cm³/mol. The van der Waals surface area contributed by atoms with Gasteiger partial charge < -0.3 is 20.4 Å². The van der Waals surface area contributed by atoms with Gasteiger partial charge in [0.15, 0.2) is 0 Å². The van der Waals surface area contributed by atoms with Crippen LogP contribution in [0.3, 0.4) is 0 Å². The van der Waals surface area contributed by atoms with Crippen molar-refractivity contribution in [2.75, 3.05) is 0 Å². The lowest BCUT2D eigenvalue weighted by molar-refractivity contribution is 0.0149. The van der Waals surface area contributed by atoms with Gasteiger partial charge in [0.05, 0.1) is 13.2 Å². The molecule has 4 N–H and O–H groups in total. The minimum Gasteiger partial charge on any atom is -0.392 e. The summed E-state index contributed by atoms with van der Waals surface area (Å²) in [6.07, 6.45) is -2.32. The van der Waals surface area contributed by atoms with Gasteiger partial charge in [-0.15, -0.1) is 0 Å². The zero-order valence-corrected chi connectivity index (χ0v) is 11.0. The molecule has 0 aromatic heterocycles. The number of hydrogen-bond acceptors (Lipinski definition) is 4. The maximum absolute atomic E-state index is 10.3. The lowest BCUT2D eigenvalue weighted by Gasteiger charge is -2.22. The minimum atomic E-state index is -1.16. The van der Waals surface area contributed by atoms with E-state index in [1.54, 1.807) is 48.5 Å². The second kappa shape index (κ2) is 6.63.